The van der Waals surface area contributed by atoms with Crippen molar-refractivity contribution in [2.45, 2.75) is 32.7 Å². The van der Waals surface area contributed by atoms with E-state index < -0.39 is 29.9 Å². The third-order valence-corrected chi connectivity index (χ3v) is 5.40. The lowest BCUT2D eigenvalue weighted by atomic mass is 9.91. The van der Waals surface area contributed by atoms with Crippen LogP contribution in [-0.2, 0) is 15.1 Å². The minimum absolute atomic E-state index is 0.111. The molecule has 0 saturated carbocycles. The fourth-order valence-electron chi connectivity index (χ4n) is 3.59. The van der Waals surface area contributed by atoms with E-state index in [2.05, 4.69) is 5.32 Å². The predicted molar refractivity (Wildman–Crippen MR) is 119 cm³/mol. The van der Waals surface area contributed by atoms with Crippen LogP contribution in [0.15, 0.2) is 48.5 Å². The molecule has 2 aromatic rings. The van der Waals surface area contributed by atoms with Crippen LogP contribution in [0.4, 0.5) is 10.5 Å². The zero-order valence-electron chi connectivity index (χ0n) is 18.4. The van der Waals surface area contributed by atoms with Crippen LogP contribution in [0.25, 0.3) is 0 Å². The average molecular weight is 434 g/mol. The van der Waals surface area contributed by atoms with Crippen molar-refractivity contribution in [1.82, 2.24) is 10.2 Å². The molecule has 166 valence electrons. The molecule has 1 atom stereocenters. The molecule has 8 heteroatoms. The number of nitrogens with zero attached hydrogens (tertiary/aromatic N) is 3. The molecular weight excluding hydrogens is 408 g/mol. The Morgan fingerprint density at radius 3 is 2.41 bits per heavy atom. The van der Waals surface area contributed by atoms with E-state index in [1.807, 2.05) is 32.0 Å². The number of aryl methyl sites for hydroxylation is 1. The van der Waals surface area contributed by atoms with E-state index in [0.717, 1.165) is 10.5 Å². The molecule has 0 aromatic heterocycles. The Hall–Kier alpha value is -3.86. The highest BCUT2D eigenvalue weighted by Crippen LogP contribution is 2.29. The Bertz CT molecular complexity index is 1040. The molecule has 32 heavy (non-hydrogen) atoms. The van der Waals surface area contributed by atoms with Crippen molar-refractivity contribution < 1.29 is 19.1 Å². The van der Waals surface area contributed by atoms with Gasteiger partial charge in [0.05, 0.1) is 19.1 Å². The summed E-state index contributed by atoms with van der Waals surface area (Å²) in [7, 11) is 0. The average Bonchev–Trinajstić information content (AvgIpc) is 2.99. The third kappa shape index (κ3) is 4.57. The van der Waals surface area contributed by atoms with E-state index in [0.29, 0.717) is 23.6 Å². The molecule has 0 aliphatic carbocycles. The second kappa shape index (κ2) is 9.52. The highest BCUT2D eigenvalue weighted by molar-refractivity contribution is 6.10. The van der Waals surface area contributed by atoms with Crippen LogP contribution in [0.3, 0.4) is 0 Å². The lowest BCUT2D eigenvalue weighted by Crippen LogP contribution is -2.45. The summed E-state index contributed by atoms with van der Waals surface area (Å²) >= 11 is 0. The minimum atomic E-state index is -1.25. The summed E-state index contributed by atoms with van der Waals surface area (Å²) in [4.78, 5) is 41.2. The van der Waals surface area contributed by atoms with Crippen molar-refractivity contribution in [1.29, 1.82) is 5.26 Å². The van der Waals surface area contributed by atoms with Crippen LogP contribution in [0.5, 0.6) is 5.75 Å². The van der Waals surface area contributed by atoms with E-state index >= 15 is 0 Å². The number of carbonyl (C=O) groups excluding carboxylic acids is 3. The van der Waals surface area contributed by atoms with Crippen LogP contribution < -0.4 is 15.0 Å². The van der Waals surface area contributed by atoms with E-state index in [9.17, 15) is 14.4 Å². The first kappa shape index (κ1) is 22.8. The topological polar surface area (TPSA) is 103 Å². The summed E-state index contributed by atoms with van der Waals surface area (Å²) in [5.74, 6) is -0.292. The minimum Gasteiger partial charge on any atom is -0.494 e. The number of nitriles is 1. The van der Waals surface area contributed by atoms with Crippen LogP contribution in [0, 0.1) is 18.3 Å². The van der Waals surface area contributed by atoms with Gasteiger partial charge in [0.1, 0.15) is 17.8 Å². The van der Waals surface area contributed by atoms with Gasteiger partial charge in [0.15, 0.2) is 0 Å². The van der Waals surface area contributed by atoms with Crippen LogP contribution in [-0.4, -0.2) is 42.4 Å². The summed E-state index contributed by atoms with van der Waals surface area (Å²) in [5.41, 5.74) is 0.984. The van der Waals surface area contributed by atoms with Crippen molar-refractivity contribution in [3.05, 3.63) is 59.7 Å². The number of nitrogens with one attached hydrogen (secondary N) is 1. The lowest BCUT2D eigenvalue weighted by molar-refractivity contribution is -0.134. The second-order valence-corrected chi connectivity index (χ2v) is 7.69. The molecule has 0 spiro atoms. The molecule has 4 amide bonds. The van der Waals surface area contributed by atoms with Gasteiger partial charge in [0.25, 0.3) is 5.91 Å². The molecule has 2 aromatic carbocycles. The third-order valence-electron chi connectivity index (χ3n) is 5.40. The number of anilines is 1. The molecule has 1 saturated heterocycles. The number of amides is 4. The first-order chi connectivity index (χ1) is 15.3. The molecule has 0 bridgehead atoms. The number of rotatable bonds is 8. The van der Waals surface area contributed by atoms with Gasteiger partial charge in [-0.05, 0) is 50.6 Å². The molecule has 8 nitrogen and oxygen atoms in total. The molecule has 1 N–H and O–H groups in total. The Morgan fingerprint density at radius 1 is 1.16 bits per heavy atom. The normalized spacial score (nSPS) is 17.6. The van der Waals surface area contributed by atoms with Crippen molar-refractivity contribution in [2.24, 2.45) is 0 Å². The van der Waals surface area contributed by atoms with Gasteiger partial charge in [-0.15, -0.1) is 0 Å². The molecular formula is C24H26N4O4. The van der Waals surface area contributed by atoms with E-state index in [-0.39, 0.29) is 13.0 Å². The van der Waals surface area contributed by atoms with E-state index in [4.69, 9.17) is 10.00 Å². The predicted octanol–water partition coefficient (Wildman–Crippen LogP) is 3.11. The zero-order chi connectivity index (χ0) is 23.3. The van der Waals surface area contributed by atoms with Crippen LogP contribution >= 0.6 is 0 Å². The van der Waals surface area contributed by atoms with E-state index in [1.54, 1.807) is 43.3 Å². The standard InChI is InChI=1S/C24H26N4O4/c1-4-32-20-12-10-19(11-13-20)27(15-5-14-25)21(29)16-28-22(30)24(3,26-23(28)31)18-8-6-17(2)7-9-18/h6-13H,4-5,15-16H2,1-3H3,(H,26,31)/t24-/m0/s1. The maximum atomic E-state index is 13.2. The largest absolute Gasteiger partial charge is 0.494 e. The Morgan fingerprint density at radius 2 is 1.81 bits per heavy atom. The Balaban J connectivity index is 1.80. The first-order valence-electron chi connectivity index (χ1n) is 10.4. The quantitative estimate of drug-likeness (QED) is 0.643. The van der Waals surface area contributed by atoms with E-state index in [1.165, 1.54) is 4.90 Å². The maximum absolute atomic E-state index is 13.2. The molecule has 1 heterocycles. The van der Waals surface area contributed by atoms with Gasteiger partial charge in [0, 0.05) is 12.2 Å². The molecule has 0 radical (unpaired) electrons. The number of carbonyl (C=O) groups is 3. The number of benzene rings is 2. The summed E-state index contributed by atoms with van der Waals surface area (Å²) in [5, 5.41) is 11.7. The van der Waals surface area contributed by atoms with Crippen LogP contribution in [0.1, 0.15) is 31.4 Å². The Labute approximate surface area is 187 Å². The molecule has 0 unspecified atom stereocenters. The maximum Gasteiger partial charge on any atom is 0.325 e. The van der Waals surface area contributed by atoms with Gasteiger partial charge < -0.3 is 15.0 Å². The number of imide groups is 1. The van der Waals surface area contributed by atoms with Gasteiger partial charge in [0.2, 0.25) is 5.91 Å². The highest BCUT2D eigenvalue weighted by atomic mass is 16.5. The SMILES string of the molecule is CCOc1ccc(N(CCC#N)C(=O)CN2C(=O)N[C@@](C)(c3ccc(C)cc3)C2=O)cc1. The van der Waals surface area contributed by atoms with Crippen molar-refractivity contribution in [3.63, 3.8) is 0 Å². The lowest BCUT2D eigenvalue weighted by Gasteiger charge is -2.25. The fraction of sp³-hybridized carbons (Fsp3) is 0.333. The zero-order valence-corrected chi connectivity index (χ0v) is 18.4. The molecule has 1 aliphatic rings. The summed E-state index contributed by atoms with van der Waals surface area (Å²) in [6.07, 6.45) is 0.111. The number of ether oxygens (including phenoxy) is 1. The van der Waals surface area contributed by atoms with Crippen LogP contribution in [0.2, 0.25) is 0 Å². The van der Waals surface area contributed by atoms with Crippen molar-refractivity contribution in [2.75, 3.05) is 24.6 Å². The number of hydrogen-bond donors (Lipinski definition) is 1. The number of hydrogen-bond acceptors (Lipinski definition) is 5. The molecule has 1 aliphatic heterocycles. The fourth-order valence-corrected chi connectivity index (χ4v) is 3.59. The summed E-state index contributed by atoms with van der Waals surface area (Å²) < 4.78 is 5.43. The number of urea groups is 1. The van der Waals surface area contributed by atoms with Gasteiger partial charge in [-0.1, -0.05) is 29.8 Å². The van der Waals surface area contributed by atoms with Gasteiger partial charge in [-0.25, -0.2) is 4.79 Å². The summed E-state index contributed by atoms with van der Waals surface area (Å²) in [6.45, 7) is 5.67. The van der Waals surface area contributed by atoms with Crippen molar-refractivity contribution >= 4 is 23.5 Å². The van der Waals surface area contributed by atoms with Gasteiger partial charge in [-0.2, -0.15) is 5.26 Å². The smallest absolute Gasteiger partial charge is 0.325 e. The highest BCUT2D eigenvalue weighted by Gasteiger charge is 2.49. The Kier molecular flexibility index (Phi) is 6.79. The van der Waals surface area contributed by atoms with Gasteiger partial charge in [-0.3, -0.25) is 14.5 Å². The van der Waals surface area contributed by atoms with Crippen molar-refractivity contribution in [3.8, 4) is 11.8 Å². The second-order valence-electron chi connectivity index (χ2n) is 7.69. The molecule has 3 rings (SSSR count). The molecule has 1 fully saturated rings. The van der Waals surface area contributed by atoms with Gasteiger partial charge >= 0.3 is 6.03 Å². The monoisotopic (exact) mass is 434 g/mol. The first-order valence-corrected chi connectivity index (χ1v) is 10.4. The summed E-state index contributed by atoms with van der Waals surface area (Å²) in [6, 6.07) is 15.6.